The molecule has 1 rings (SSSR count). The first-order chi connectivity index (χ1) is 15.1. The van der Waals surface area contributed by atoms with Gasteiger partial charge in [-0.2, -0.15) is 12.6 Å². The van der Waals surface area contributed by atoms with Crippen LogP contribution < -0.4 is 5.32 Å². The lowest BCUT2D eigenvalue weighted by Crippen LogP contribution is -2.45. The molecule has 1 aromatic rings. The number of hydrogen-bond donors (Lipinski definition) is 3. The van der Waals surface area contributed by atoms with Gasteiger partial charge in [-0.25, -0.2) is 9.59 Å². The fourth-order valence-corrected chi connectivity index (χ4v) is 3.68. The maximum atomic E-state index is 12.2. The summed E-state index contributed by atoms with van der Waals surface area (Å²) in [6.45, 7) is 4.64. The van der Waals surface area contributed by atoms with Crippen LogP contribution in [0, 0.1) is 16.0 Å². The van der Waals surface area contributed by atoms with Crippen LogP contribution in [0.1, 0.15) is 40.0 Å². The first-order valence-electron chi connectivity index (χ1n) is 9.69. The van der Waals surface area contributed by atoms with Crippen molar-refractivity contribution in [2.75, 3.05) is 0 Å². The van der Waals surface area contributed by atoms with Crippen molar-refractivity contribution in [3.8, 4) is 0 Å². The van der Waals surface area contributed by atoms with Gasteiger partial charge < -0.3 is 20.3 Å². The van der Waals surface area contributed by atoms with E-state index in [4.69, 9.17) is 4.74 Å². The number of carboxylic acid groups (broad SMARTS) is 2. The molecule has 0 aliphatic carbocycles. The SMILES string of the molecule is CC(C)(C)OC(=O)N[C@@H](C[C@H](CCC(OS(=O)(=O)c1ccccc1)[N+](=O)[O-])C(=O)O)C(=O)O. The van der Waals surface area contributed by atoms with Crippen molar-refractivity contribution in [3.63, 3.8) is 0 Å². The molecular formula is C19H26N2O11S. The van der Waals surface area contributed by atoms with Crippen LogP contribution in [0.25, 0.3) is 0 Å². The largest absolute Gasteiger partial charge is 0.481 e. The number of carbonyl (C=O) groups excluding carboxylic acids is 1. The van der Waals surface area contributed by atoms with Crippen LogP contribution in [0.5, 0.6) is 0 Å². The third kappa shape index (κ3) is 9.82. The number of carboxylic acids is 2. The van der Waals surface area contributed by atoms with E-state index in [9.17, 15) is 43.1 Å². The smallest absolute Gasteiger partial charge is 0.408 e. The highest BCUT2D eigenvalue weighted by Gasteiger charge is 2.34. The minimum atomic E-state index is -4.50. The van der Waals surface area contributed by atoms with Crippen molar-refractivity contribution in [3.05, 3.63) is 40.4 Å². The monoisotopic (exact) mass is 490 g/mol. The molecule has 1 aromatic carbocycles. The van der Waals surface area contributed by atoms with Crippen LogP contribution in [-0.4, -0.2) is 59.5 Å². The summed E-state index contributed by atoms with van der Waals surface area (Å²) in [7, 11) is -4.50. The molecule has 0 spiro atoms. The molecule has 33 heavy (non-hydrogen) atoms. The van der Waals surface area contributed by atoms with E-state index < -0.39 is 76.1 Å². The second-order valence-corrected chi connectivity index (χ2v) is 9.56. The summed E-state index contributed by atoms with van der Waals surface area (Å²) in [5.74, 6) is -4.49. The van der Waals surface area contributed by atoms with Crippen LogP contribution in [0.4, 0.5) is 4.79 Å². The summed E-state index contributed by atoms with van der Waals surface area (Å²) in [5, 5.41) is 32.1. The molecule has 0 aliphatic rings. The van der Waals surface area contributed by atoms with E-state index in [1.807, 2.05) is 5.32 Å². The maximum absolute atomic E-state index is 12.2. The summed E-state index contributed by atoms with van der Waals surface area (Å²) in [6.07, 6.45) is -4.95. The average molecular weight is 490 g/mol. The molecular weight excluding hydrogens is 464 g/mol. The van der Waals surface area contributed by atoms with Gasteiger partial charge in [-0.1, -0.05) is 18.2 Å². The lowest BCUT2D eigenvalue weighted by molar-refractivity contribution is -0.563. The molecule has 0 bridgehead atoms. The Kier molecular flexibility index (Phi) is 9.73. The van der Waals surface area contributed by atoms with E-state index in [1.54, 1.807) is 20.8 Å². The van der Waals surface area contributed by atoms with Gasteiger partial charge in [-0.05, 0) is 45.7 Å². The van der Waals surface area contributed by atoms with Crippen LogP contribution in [0.3, 0.4) is 0 Å². The fourth-order valence-electron chi connectivity index (χ4n) is 2.62. The second kappa shape index (κ2) is 11.6. The van der Waals surface area contributed by atoms with Gasteiger partial charge in [-0.3, -0.25) is 14.9 Å². The highest BCUT2D eigenvalue weighted by molar-refractivity contribution is 7.86. The van der Waals surface area contributed by atoms with Crippen molar-refractivity contribution in [1.29, 1.82) is 0 Å². The molecule has 0 aliphatic heterocycles. The van der Waals surface area contributed by atoms with E-state index in [0.717, 1.165) is 0 Å². The molecule has 0 aromatic heterocycles. The molecule has 0 radical (unpaired) electrons. The number of hydrogen-bond acceptors (Lipinski definition) is 9. The van der Waals surface area contributed by atoms with Gasteiger partial charge in [0, 0.05) is 6.42 Å². The van der Waals surface area contributed by atoms with Gasteiger partial charge in [0.15, 0.2) is 0 Å². The summed E-state index contributed by atoms with van der Waals surface area (Å²) in [4.78, 5) is 44.9. The van der Waals surface area contributed by atoms with Gasteiger partial charge in [0.2, 0.25) is 0 Å². The van der Waals surface area contributed by atoms with E-state index in [0.29, 0.717) is 0 Å². The Bertz CT molecular complexity index is 958. The van der Waals surface area contributed by atoms with E-state index in [1.165, 1.54) is 30.3 Å². The normalized spacial score (nSPS) is 14.5. The van der Waals surface area contributed by atoms with Crippen LogP contribution >= 0.6 is 0 Å². The summed E-state index contributed by atoms with van der Waals surface area (Å²) < 4.78 is 34.1. The van der Waals surface area contributed by atoms with Crippen LogP contribution in [-0.2, 0) is 28.6 Å². The fraction of sp³-hybridized carbons (Fsp3) is 0.526. The number of amides is 1. The van der Waals surface area contributed by atoms with Gasteiger partial charge in [0.1, 0.15) is 11.6 Å². The molecule has 184 valence electrons. The molecule has 0 fully saturated rings. The molecule has 3 atom stereocenters. The molecule has 1 amide bonds. The summed E-state index contributed by atoms with van der Waals surface area (Å²) in [5.41, 5.74) is -0.931. The zero-order valence-electron chi connectivity index (χ0n) is 18.2. The van der Waals surface area contributed by atoms with Crippen LogP contribution in [0.15, 0.2) is 35.2 Å². The highest BCUT2D eigenvalue weighted by Crippen LogP contribution is 2.21. The number of ether oxygens (including phenoxy) is 1. The Balaban J connectivity index is 2.89. The number of nitrogens with zero attached hydrogens (tertiary/aromatic N) is 1. The molecule has 3 N–H and O–H groups in total. The number of nitro groups is 1. The Morgan fingerprint density at radius 2 is 1.67 bits per heavy atom. The average Bonchev–Trinajstić information content (AvgIpc) is 2.67. The minimum Gasteiger partial charge on any atom is -0.481 e. The quantitative estimate of drug-likeness (QED) is 0.167. The number of rotatable bonds is 12. The Hall–Kier alpha value is -3.26. The lowest BCUT2D eigenvalue weighted by atomic mass is 9.94. The second-order valence-electron chi connectivity index (χ2n) is 7.99. The van der Waals surface area contributed by atoms with E-state index in [2.05, 4.69) is 4.18 Å². The van der Waals surface area contributed by atoms with Crippen LogP contribution in [0.2, 0.25) is 0 Å². The zero-order chi connectivity index (χ0) is 25.4. The number of benzene rings is 1. The summed E-state index contributed by atoms with van der Waals surface area (Å²) in [6, 6.07) is 5.00. The third-order valence-electron chi connectivity index (χ3n) is 4.13. The number of aliphatic carboxylic acids is 2. The van der Waals surface area contributed by atoms with Crippen molar-refractivity contribution >= 4 is 28.1 Å². The van der Waals surface area contributed by atoms with Crippen molar-refractivity contribution in [2.24, 2.45) is 5.92 Å². The van der Waals surface area contributed by atoms with Gasteiger partial charge in [-0.15, -0.1) is 0 Å². The number of alkyl carbamates (subject to hydrolysis) is 1. The number of nitrogens with one attached hydrogen (secondary N) is 1. The van der Waals surface area contributed by atoms with Crippen molar-refractivity contribution in [1.82, 2.24) is 5.32 Å². The first-order valence-corrected chi connectivity index (χ1v) is 11.1. The number of carbonyl (C=O) groups is 3. The minimum absolute atomic E-state index is 0.320. The van der Waals surface area contributed by atoms with Crippen molar-refractivity contribution < 1.29 is 46.9 Å². The Morgan fingerprint density at radius 3 is 2.12 bits per heavy atom. The van der Waals surface area contributed by atoms with Crippen molar-refractivity contribution in [2.45, 2.75) is 62.8 Å². The lowest BCUT2D eigenvalue weighted by Gasteiger charge is -2.23. The maximum Gasteiger partial charge on any atom is 0.408 e. The molecule has 1 unspecified atom stereocenters. The molecule has 14 heteroatoms. The third-order valence-corrected chi connectivity index (χ3v) is 5.45. The molecule has 0 heterocycles. The Morgan fingerprint density at radius 1 is 1.09 bits per heavy atom. The van der Waals surface area contributed by atoms with E-state index >= 15 is 0 Å². The first kappa shape index (κ1) is 27.8. The Labute approximate surface area is 190 Å². The zero-order valence-corrected chi connectivity index (χ0v) is 19.0. The molecule has 0 saturated carbocycles. The highest BCUT2D eigenvalue weighted by atomic mass is 32.2. The molecule has 13 nitrogen and oxygen atoms in total. The molecule has 0 saturated heterocycles. The van der Waals surface area contributed by atoms with Gasteiger partial charge in [0.25, 0.3) is 0 Å². The van der Waals surface area contributed by atoms with Gasteiger partial charge >= 0.3 is 34.4 Å². The topological polar surface area (TPSA) is 199 Å². The van der Waals surface area contributed by atoms with E-state index in [-0.39, 0.29) is 4.90 Å². The predicted molar refractivity (Wildman–Crippen MR) is 111 cm³/mol. The standard InChI is InChI=1S/C19H26N2O11S/c1-19(2,3)31-18(26)20-14(17(24)25)11-12(16(22)23)9-10-15(21(27)28)32-33(29,30)13-7-5-4-6-8-13/h4-8,12,14-15H,9-11H2,1-3H3,(H,20,26)(H,22,23)(H,24,25)/t12-,14-,15?/m0/s1. The van der Waals surface area contributed by atoms with Gasteiger partial charge in [0.05, 0.1) is 15.7 Å². The summed E-state index contributed by atoms with van der Waals surface area (Å²) >= 11 is 0. The predicted octanol–water partition coefficient (Wildman–Crippen LogP) is 1.84.